The van der Waals surface area contributed by atoms with Crippen LogP contribution in [-0.4, -0.2) is 24.3 Å². The highest BCUT2D eigenvalue weighted by Gasteiger charge is 2.38. The van der Waals surface area contributed by atoms with Gasteiger partial charge < -0.3 is 4.90 Å². The first-order valence-electron chi connectivity index (χ1n) is 5.58. The third-order valence-corrected chi connectivity index (χ3v) is 3.77. The summed E-state index contributed by atoms with van der Waals surface area (Å²) in [6.07, 6.45) is 5.89. The van der Waals surface area contributed by atoms with Gasteiger partial charge in [0.2, 0.25) is 0 Å². The molecule has 3 rings (SSSR count). The first kappa shape index (κ1) is 9.58. The third-order valence-electron chi connectivity index (χ3n) is 3.77. The van der Waals surface area contributed by atoms with Gasteiger partial charge in [0.15, 0.2) is 0 Å². The molecular formula is C13H15N3. The van der Waals surface area contributed by atoms with E-state index in [1.165, 1.54) is 16.8 Å². The van der Waals surface area contributed by atoms with Gasteiger partial charge in [-0.3, -0.25) is 9.98 Å². The lowest BCUT2D eigenvalue weighted by molar-refractivity contribution is 0.702. The summed E-state index contributed by atoms with van der Waals surface area (Å²) in [5, 5.41) is 0. The van der Waals surface area contributed by atoms with E-state index in [1.807, 2.05) is 12.4 Å². The predicted molar refractivity (Wildman–Crippen MR) is 66.0 cm³/mol. The van der Waals surface area contributed by atoms with Gasteiger partial charge in [-0.15, -0.1) is 0 Å². The molecule has 2 unspecified atom stereocenters. The number of likely N-dealkylation sites (N-methyl/N-ethyl adjacent to an activating group) is 1. The summed E-state index contributed by atoms with van der Waals surface area (Å²) in [7, 11) is 2.14. The second kappa shape index (κ2) is 3.17. The second-order valence-corrected chi connectivity index (χ2v) is 4.56. The minimum Gasteiger partial charge on any atom is -0.365 e. The Hall–Kier alpha value is -1.64. The highest BCUT2D eigenvalue weighted by Crippen LogP contribution is 2.43. The van der Waals surface area contributed by atoms with Crippen LogP contribution in [0, 0.1) is 0 Å². The summed E-state index contributed by atoms with van der Waals surface area (Å²) >= 11 is 0. The number of rotatable bonds is 0. The minimum atomic E-state index is 0.395. The normalized spacial score (nSPS) is 27.1. The maximum absolute atomic E-state index is 4.49. The predicted octanol–water partition coefficient (Wildman–Crippen LogP) is 2.36. The lowest BCUT2D eigenvalue weighted by Crippen LogP contribution is -2.34. The topological polar surface area (TPSA) is 28.5 Å². The van der Waals surface area contributed by atoms with Crippen LogP contribution in [0.4, 0.5) is 5.69 Å². The molecule has 3 heteroatoms. The lowest BCUT2D eigenvalue weighted by atomic mass is 9.89. The van der Waals surface area contributed by atoms with Gasteiger partial charge in [-0.05, 0) is 31.1 Å². The molecule has 3 heterocycles. The van der Waals surface area contributed by atoms with E-state index in [0.29, 0.717) is 12.0 Å². The van der Waals surface area contributed by atoms with Crippen LogP contribution in [0.5, 0.6) is 0 Å². The van der Waals surface area contributed by atoms with Gasteiger partial charge in [-0.1, -0.05) is 0 Å². The van der Waals surface area contributed by atoms with E-state index in [9.17, 15) is 0 Å². The Balaban J connectivity index is 2.17. The average molecular weight is 213 g/mol. The molecule has 0 spiro atoms. The van der Waals surface area contributed by atoms with E-state index in [4.69, 9.17) is 0 Å². The zero-order chi connectivity index (χ0) is 11.3. The second-order valence-electron chi connectivity index (χ2n) is 4.56. The highest BCUT2D eigenvalue weighted by molar-refractivity contribution is 5.81. The zero-order valence-electron chi connectivity index (χ0n) is 9.81. The molecule has 0 saturated heterocycles. The molecule has 0 amide bonds. The molecular weight excluding hydrogens is 198 g/mol. The van der Waals surface area contributed by atoms with Crippen LogP contribution >= 0.6 is 0 Å². The molecule has 2 atom stereocenters. The van der Waals surface area contributed by atoms with Gasteiger partial charge in [0, 0.05) is 31.1 Å². The summed E-state index contributed by atoms with van der Waals surface area (Å²) in [5.74, 6) is 0.395. The highest BCUT2D eigenvalue weighted by atomic mass is 15.2. The summed E-state index contributed by atoms with van der Waals surface area (Å²) in [6, 6.07) is 2.54. The molecule has 0 bridgehead atoms. The standard InChI is InChI=1S/C13H15N3/c1-8-9(2)15-6-11-10-4-5-14-7-12(10)16(3)13(8)11/h4-7,11,13H,1-3H3. The van der Waals surface area contributed by atoms with Crippen molar-refractivity contribution in [1.82, 2.24) is 4.98 Å². The van der Waals surface area contributed by atoms with Gasteiger partial charge in [0.25, 0.3) is 0 Å². The maximum Gasteiger partial charge on any atom is 0.0636 e. The Labute approximate surface area is 95.5 Å². The molecule has 0 aliphatic carbocycles. The summed E-state index contributed by atoms with van der Waals surface area (Å²) in [6.45, 7) is 4.26. The number of aliphatic imine (C=N–C) groups is 1. The van der Waals surface area contributed by atoms with E-state index >= 15 is 0 Å². The Kier molecular flexibility index (Phi) is 1.90. The first-order chi connectivity index (χ1) is 7.70. The number of nitrogens with zero attached hydrogens (tertiary/aromatic N) is 3. The molecule has 0 N–H and O–H groups in total. The molecule has 0 fully saturated rings. The van der Waals surface area contributed by atoms with Crippen LogP contribution in [0.25, 0.3) is 0 Å². The van der Waals surface area contributed by atoms with Crippen LogP contribution < -0.4 is 4.90 Å². The van der Waals surface area contributed by atoms with E-state index in [1.54, 1.807) is 0 Å². The molecule has 0 saturated carbocycles. The fourth-order valence-electron chi connectivity index (χ4n) is 2.76. The number of fused-ring (bicyclic) bond motifs is 3. The van der Waals surface area contributed by atoms with Gasteiger partial charge in [0.1, 0.15) is 0 Å². The summed E-state index contributed by atoms with van der Waals surface area (Å²) in [5.41, 5.74) is 5.09. The van der Waals surface area contributed by atoms with Crippen molar-refractivity contribution in [2.45, 2.75) is 25.8 Å². The molecule has 2 aliphatic heterocycles. The largest absolute Gasteiger partial charge is 0.365 e. The van der Waals surface area contributed by atoms with E-state index in [0.717, 1.165) is 5.70 Å². The van der Waals surface area contributed by atoms with Crippen molar-refractivity contribution in [2.24, 2.45) is 4.99 Å². The van der Waals surface area contributed by atoms with E-state index in [2.05, 4.69) is 48.1 Å². The van der Waals surface area contributed by atoms with Crippen molar-refractivity contribution >= 4 is 11.9 Å². The molecule has 1 aromatic heterocycles. The molecule has 0 radical (unpaired) electrons. The lowest BCUT2D eigenvalue weighted by Gasteiger charge is -2.29. The smallest absolute Gasteiger partial charge is 0.0636 e. The fourth-order valence-corrected chi connectivity index (χ4v) is 2.76. The summed E-state index contributed by atoms with van der Waals surface area (Å²) in [4.78, 5) is 11.0. The van der Waals surface area contributed by atoms with Crippen LogP contribution in [0.2, 0.25) is 0 Å². The van der Waals surface area contributed by atoms with Crippen molar-refractivity contribution in [2.75, 3.05) is 11.9 Å². The number of anilines is 1. The van der Waals surface area contributed by atoms with Crippen molar-refractivity contribution in [1.29, 1.82) is 0 Å². The molecule has 0 aromatic carbocycles. The zero-order valence-corrected chi connectivity index (χ0v) is 9.81. The Morgan fingerprint density at radius 1 is 1.31 bits per heavy atom. The van der Waals surface area contributed by atoms with Gasteiger partial charge in [-0.2, -0.15) is 0 Å². The summed E-state index contributed by atoms with van der Waals surface area (Å²) < 4.78 is 0. The third kappa shape index (κ3) is 1.08. The molecule has 2 aliphatic rings. The van der Waals surface area contributed by atoms with Crippen molar-refractivity contribution in [3.8, 4) is 0 Å². The van der Waals surface area contributed by atoms with E-state index < -0.39 is 0 Å². The van der Waals surface area contributed by atoms with Crippen LogP contribution in [0.15, 0.2) is 34.7 Å². The quantitative estimate of drug-likeness (QED) is 0.662. The number of aromatic nitrogens is 1. The van der Waals surface area contributed by atoms with Crippen LogP contribution in [0.3, 0.4) is 0 Å². The van der Waals surface area contributed by atoms with Crippen molar-refractivity contribution in [3.63, 3.8) is 0 Å². The number of hydrogen-bond donors (Lipinski definition) is 0. The monoisotopic (exact) mass is 213 g/mol. The number of hydrogen-bond acceptors (Lipinski definition) is 3. The minimum absolute atomic E-state index is 0.395. The Morgan fingerprint density at radius 2 is 2.12 bits per heavy atom. The SMILES string of the molecule is CC1=C(C)C2C(C=N1)c1ccncc1N2C. The van der Waals surface area contributed by atoms with Crippen molar-refractivity contribution < 1.29 is 0 Å². The average Bonchev–Trinajstić information content (AvgIpc) is 2.59. The van der Waals surface area contributed by atoms with Gasteiger partial charge in [0.05, 0.1) is 17.9 Å². The molecule has 82 valence electrons. The molecule has 3 nitrogen and oxygen atoms in total. The van der Waals surface area contributed by atoms with Crippen LogP contribution in [0.1, 0.15) is 25.3 Å². The maximum atomic E-state index is 4.49. The Morgan fingerprint density at radius 3 is 2.94 bits per heavy atom. The van der Waals surface area contributed by atoms with Crippen molar-refractivity contribution in [3.05, 3.63) is 35.3 Å². The Bertz CT molecular complexity index is 502. The van der Waals surface area contributed by atoms with Gasteiger partial charge >= 0.3 is 0 Å². The molecule has 16 heavy (non-hydrogen) atoms. The van der Waals surface area contributed by atoms with Gasteiger partial charge in [-0.25, -0.2) is 0 Å². The van der Waals surface area contributed by atoms with E-state index in [-0.39, 0.29) is 0 Å². The fraction of sp³-hybridized carbons (Fsp3) is 0.385. The number of pyridine rings is 1. The van der Waals surface area contributed by atoms with Crippen LogP contribution in [-0.2, 0) is 0 Å². The first-order valence-corrected chi connectivity index (χ1v) is 5.58. The number of allylic oxidation sites excluding steroid dienone is 1. The molecule has 1 aromatic rings.